The predicted octanol–water partition coefficient (Wildman–Crippen LogP) is 2.61. The highest BCUT2D eigenvalue weighted by atomic mass is 127. The van der Waals surface area contributed by atoms with Gasteiger partial charge in [-0.3, -0.25) is 4.99 Å². The molecule has 0 amide bonds. The van der Waals surface area contributed by atoms with E-state index in [2.05, 4.69) is 38.2 Å². The fraction of sp³-hybridized carbons (Fsp3) is 0.529. The Morgan fingerprint density at radius 1 is 1.32 bits per heavy atom. The van der Waals surface area contributed by atoms with Gasteiger partial charge in [-0.2, -0.15) is 0 Å². The van der Waals surface area contributed by atoms with Gasteiger partial charge < -0.3 is 20.1 Å². The van der Waals surface area contributed by atoms with Crippen molar-refractivity contribution in [3.8, 4) is 0 Å². The zero-order chi connectivity index (χ0) is 16.8. The molecule has 0 aliphatic carbocycles. The third-order valence-corrected chi connectivity index (χ3v) is 5.12. The van der Waals surface area contributed by atoms with Gasteiger partial charge in [-0.25, -0.2) is 4.98 Å². The second kappa shape index (κ2) is 10.0. The maximum Gasteiger partial charge on any atom is 0.191 e. The zero-order valence-corrected chi connectivity index (χ0v) is 18.0. The lowest BCUT2D eigenvalue weighted by molar-refractivity contribution is 0.784. The van der Waals surface area contributed by atoms with Crippen LogP contribution in [0.3, 0.4) is 0 Å². The van der Waals surface area contributed by atoms with Crippen molar-refractivity contribution in [1.82, 2.24) is 20.2 Å². The number of rotatable bonds is 6. The van der Waals surface area contributed by atoms with E-state index in [9.17, 15) is 0 Å². The molecule has 8 heteroatoms. The molecule has 138 valence electrons. The standard InChI is InChI=1S/C17H26N6S.HI/c1-18-16(20-11-14-6-10-22(2)12-14)19-7-5-15-13-24-17(21-15)23-8-3-4-9-23;/h6,10,12-13H,3-5,7-9,11H2,1-2H3,(H2,18,19,20);1H. The molecule has 2 aromatic rings. The van der Waals surface area contributed by atoms with Crippen molar-refractivity contribution < 1.29 is 0 Å². The van der Waals surface area contributed by atoms with Crippen molar-refractivity contribution in [2.45, 2.75) is 25.8 Å². The van der Waals surface area contributed by atoms with E-state index < -0.39 is 0 Å². The fourth-order valence-corrected chi connectivity index (χ4v) is 3.76. The number of aryl methyl sites for hydroxylation is 1. The van der Waals surface area contributed by atoms with Crippen LogP contribution < -0.4 is 15.5 Å². The highest BCUT2D eigenvalue weighted by Crippen LogP contribution is 2.24. The van der Waals surface area contributed by atoms with Gasteiger partial charge in [-0.15, -0.1) is 35.3 Å². The number of thiazole rings is 1. The van der Waals surface area contributed by atoms with Gasteiger partial charge in [0.15, 0.2) is 11.1 Å². The van der Waals surface area contributed by atoms with Crippen molar-refractivity contribution in [2.24, 2.45) is 12.0 Å². The molecule has 0 bridgehead atoms. The predicted molar refractivity (Wildman–Crippen MR) is 116 cm³/mol. The summed E-state index contributed by atoms with van der Waals surface area (Å²) in [5, 5.41) is 10.0. The quantitative estimate of drug-likeness (QED) is 0.384. The number of halogens is 1. The lowest BCUT2D eigenvalue weighted by Gasteiger charge is -2.12. The molecule has 0 aromatic carbocycles. The second-order valence-corrected chi connectivity index (χ2v) is 6.94. The Kier molecular flexibility index (Phi) is 8.01. The summed E-state index contributed by atoms with van der Waals surface area (Å²) < 4.78 is 2.05. The first-order chi connectivity index (χ1) is 11.7. The summed E-state index contributed by atoms with van der Waals surface area (Å²) in [6, 6.07) is 2.11. The molecular formula is C17H27IN6S. The lowest BCUT2D eigenvalue weighted by atomic mass is 10.3. The smallest absolute Gasteiger partial charge is 0.191 e. The molecule has 6 nitrogen and oxygen atoms in total. The molecule has 0 unspecified atom stereocenters. The third-order valence-electron chi connectivity index (χ3n) is 4.17. The summed E-state index contributed by atoms with van der Waals surface area (Å²) in [6.07, 6.45) is 7.65. The first kappa shape index (κ1) is 20.0. The summed E-state index contributed by atoms with van der Waals surface area (Å²) in [5.74, 6) is 0.828. The topological polar surface area (TPSA) is 57.5 Å². The van der Waals surface area contributed by atoms with Gasteiger partial charge in [0, 0.05) is 64.5 Å². The van der Waals surface area contributed by atoms with Crippen molar-refractivity contribution in [2.75, 3.05) is 31.6 Å². The van der Waals surface area contributed by atoms with Crippen molar-refractivity contribution in [3.05, 3.63) is 35.1 Å². The normalized spacial score (nSPS) is 14.5. The number of guanidine groups is 1. The Hall–Kier alpha value is -1.29. The van der Waals surface area contributed by atoms with Gasteiger partial charge in [0.2, 0.25) is 0 Å². The number of hydrogen-bond donors (Lipinski definition) is 2. The second-order valence-electron chi connectivity index (χ2n) is 6.10. The molecule has 0 atom stereocenters. The van der Waals surface area contributed by atoms with E-state index >= 15 is 0 Å². The van der Waals surface area contributed by atoms with Crippen LogP contribution in [-0.4, -0.2) is 42.2 Å². The first-order valence-corrected chi connectivity index (χ1v) is 9.37. The van der Waals surface area contributed by atoms with Crippen LogP contribution in [0.15, 0.2) is 28.8 Å². The highest BCUT2D eigenvalue weighted by Gasteiger charge is 2.15. The van der Waals surface area contributed by atoms with Crippen LogP contribution in [0.2, 0.25) is 0 Å². The SMILES string of the molecule is CN=C(NCCc1csc(N2CCCC2)n1)NCc1ccn(C)c1.I. The zero-order valence-electron chi connectivity index (χ0n) is 14.9. The van der Waals surface area contributed by atoms with E-state index in [-0.39, 0.29) is 24.0 Å². The average Bonchev–Trinajstić information content (AvgIpc) is 3.32. The van der Waals surface area contributed by atoms with Crippen molar-refractivity contribution in [1.29, 1.82) is 0 Å². The molecule has 0 radical (unpaired) electrons. The minimum Gasteiger partial charge on any atom is -0.357 e. The Labute approximate surface area is 170 Å². The molecule has 1 fully saturated rings. The van der Waals surface area contributed by atoms with Gasteiger partial charge in [0.05, 0.1) is 5.69 Å². The van der Waals surface area contributed by atoms with Crippen LogP contribution in [0.25, 0.3) is 0 Å². The van der Waals surface area contributed by atoms with Gasteiger partial charge >= 0.3 is 0 Å². The Morgan fingerprint density at radius 3 is 2.80 bits per heavy atom. The molecule has 0 spiro atoms. The van der Waals surface area contributed by atoms with Crippen LogP contribution in [0.1, 0.15) is 24.1 Å². The molecular weight excluding hydrogens is 447 g/mol. The summed E-state index contributed by atoms with van der Waals surface area (Å²) in [4.78, 5) is 11.4. The first-order valence-electron chi connectivity index (χ1n) is 8.49. The minimum absolute atomic E-state index is 0. The minimum atomic E-state index is 0. The molecule has 2 aromatic heterocycles. The third kappa shape index (κ3) is 5.88. The van der Waals surface area contributed by atoms with E-state index in [1.54, 1.807) is 18.4 Å². The molecule has 1 saturated heterocycles. The molecule has 2 N–H and O–H groups in total. The van der Waals surface area contributed by atoms with Crippen LogP contribution >= 0.6 is 35.3 Å². The summed E-state index contributed by atoms with van der Waals surface area (Å²) >= 11 is 1.76. The number of anilines is 1. The lowest BCUT2D eigenvalue weighted by Crippen LogP contribution is -2.37. The number of hydrogen-bond acceptors (Lipinski definition) is 4. The van der Waals surface area contributed by atoms with Gasteiger partial charge in [0.25, 0.3) is 0 Å². The van der Waals surface area contributed by atoms with E-state index in [1.807, 2.05) is 17.8 Å². The van der Waals surface area contributed by atoms with E-state index in [0.29, 0.717) is 0 Å². The Bertz CT molecular complexity index is 674. The largest absolute Gasteiger partial charge is 0.357 e. The maximum absolute atomic E-state index is 4.75. The molecule has 1 aliphatic rings. The van der Waals surface area contributed by atoms with E-state index in [4.69, 9.17) is 4.98 Å². The fourth-order valence-electron chi connectivity index (χ4n) is 2.85. The van der Waals surface area contributed by atoms with Crippen LogP contribution in [0, 0.1) is 0 Å². The number of aromatic nitrogens is 2. The van der Waals surface area contributed by atoms with Crippen LogP contribution in [0.5, 0.6) is 0 Å². The molecule has 25 heavy (non-hydrogen) atoms. The van der Waals surface area contributed by atoms with Crippen LogP contribution in [0.4, 0.5) is 5.13 Å². The molecule has 3 rings (SSSR count). The van der Waals surface area contributed by atoms with Gasteiger partial charge in [0.1, 0.15) is 0 Å². The Morgan fingerprint density at radius 2 is 2.12 bits per heavy atom. The highest BCUT2D eigenvalue weighted by molar-refractivity contribution is 14.0. The molecule has 1 aliphatic heterocycles. The van der Waals surface area contributed by atoms with E-state index in [1.165, 1.54) is 23.5 Å². The average molecular weight is 474 g/mol. The van der Waals surface area contributed by atoms with E-state index in [0.717, 1.165) is 44.3 Å². The molecule has 0 saturated carbocycles. The van der Waals surface area contributed by atoms with Crippen LogP contribution in [-0.2, 0) is 20.0 Å². The maximum atomic E-state index is 4.75. The summed E-state index contributed by atoms with van der Waals surface area (Å²) in [6.45, 7) is 3.91. The molecule has 3 heterocycles. The summed E-state index contributed by atoms with van der Waals surface area (Å²) in [5.41, 5.74) is 2.41. The number of aliphatic imine (C=N–C) groups is 1. The van der Waals surface area contributed by atoms with Gasteiger partial charge in [-0.1, -0.05) is 0 Å². The Balaban J connectivity index is 0.00000225. The van der Waals surface area contributed by atoms with Crippen molar-refractivity contribution in [3.63, 3.8) is 0 Å². The van der Waals surface area contributed by atoms with Gasteiger partial charge in [-0.05, 0) is 24.5 Å². The monoisotopic (exact) mass is 474 g/mol. The van der Waals surface area contributed by atoms with Crippen molar-refractivity contribution >= 4 is 46.4 Å². The number of nitrogens with one attached hydrogen (secondary N) is 2. The summed E-state index contributed by atoms with van der Waals surface area (Å²) in [7, 11) is 3.83. The number of nitrogens with zero attached hydrogens (tertiary/aromatic N) is 4.